The Morgan fingerprint density at radius 2 is 2.08 bits per heavy atom. The van der Waals surface area contributed by atoms with Gasteiger partial charge in [0.2, 0.25) is 0 Å². The molecule has 1 amide bonds. The first-order valence-electron chi connectivity index (χ1n) is 7.86. The average molecular weight is 386 g/mol. The van der Waals surface area contributed by atoms with Gasteiger partial charge < -0.3 is 9.64 Å². The molecule has 2 aliphatic rings. The van der Waals surface area contributed by atoms with Crippen molar-refractivity contribution in [3.63, 3.8) is 0 Å². The number of methoxy groups -OCH3 is 1. The molecule has 136 valence electrons. The minimum absolute atomic E-state index is 0.0750. The van der Waals surface area contributed by atoms with E-state index in [0.717, 1.165) is 5.56 Å². The Labute approximate surface area is 150 Å². The maximum absolute atomic E-state index is 13.0. The van der Waals surface area contributed by atoms with Crippen molar-refractivity contribution in [2.24, 2.45) is 4.99 Å². The number of halogens is 1. The molecule has 0 bridgehead atoms. The number of carbonyl (C=O) groups excluding carboxylic acids is 1. The lowest BCUT2D eigenvalue weighted by Crippen LogP contribution is -2.39. The Hall–Kier alpha value is -1.45. The van der Waals surface area contributed by atoms with Crippen LogP contribution in [0.1, 0.15) is 5.56 Å². The summed E-state index contributed by atoms with van der Waals surface area (Å²) in [5.74, 6) is -0.507. The summed E-state index contributed by atoms with van der Waals surface area (Å²) in [7, 11) is -1.64. The largest absolute Gasteiger partial charge is 0.375 e. The summed E-state index contributed by atoms with van der Waals surface area (Å²) in [6.45, 7) is 0.415. The van der Waals surface area contributed by atoms with E-state index in [1.165, 1.54) is 31.0 Å². The molecule has 0 spiro atoms. The van der Waals surface area contributed by atoms with Crippen LogP contribution in [0.5, 0.6) is 0 Å². The number of hydrogen-bond donors (Lipinski definition) is 0. The first kappa shape index (κ1) is 18.3. The van der Waals surface area contributed by atoms with Crippen LogP contribution in [-0.4, -0.2) is 67.5 Å². The number of rotatable bonds is 5. The highest BCUT2D eigenvalue weighted by Gasteiger charge is 2.48. The summed E-state index contributed by atoms with van der Waals surface area (Å²) in [6, 6.07) is 6.02. The fraction of sp³-hybridized carbons (Fsp3) is 0.500. The molecule has 2 aliphatic heterocycles. The second kappa shape index (κ2) is 7.43. The molecule has 2 saturated heterocycles. The van der Waals surface area contributed by atoms with Crippen LogP contribution in [-0.2, 0) is 25.8 Å². The number of hydrogen-bond acceptors (Lipinski definition) is 5. The lowest BCUT2D eigenvalue weighted by atomic mass is 10.1. The van der Waals surface area contributed by atoms with Gasteiger partial charge in [-0.05, 0) is 24.1 Å². The molecule has 0 aromatic heterocycles. The first-order valence-corrected chi connectivity index (χ1v) is 10.6. The zero-order valence-electron chi connectivity index (χ0n) is 13.7. The molecule has 2 heterocycles. The van der Waals surface area contributed by atoms with Gasteiger partial charge in [0.1, 0.15) is 12.4 Å². The van der Waals surface area contributed by atoms with Gasteiger partial charge in [-0.15, -0.1) is 0 Å². The summed E-state index contributed by atoms with van der Waals surface area (Å²) in [5.41, 5.74) is 0.943. The van der Waals surface area contributed by atoms with E-state index in [-0.39, 0.29) is 41.1 Å². The van der Waals surface area contributed by atoms with Gasteiger partial charge in [0, 0.05) is 18.9 Å². The smallest absolute Gasteiger partial charge is 0.274 e. The molecule has 0 N–H and O–H groups in total. The van der Waals surface area contributed by atoms with Crippen molar-refractivity contribution in [1.29, 1.82) is 0 Å². The Morgan fingerprint density at radius 1 is 1.36 bits per heavy atom. The number of carbonyl (C=O) groups is 1. The molecule has 0 radical (unpaired) electrons. The van der Waals surface area contributed by atoms with Crippen molar-refractivity contribution in [2.45, 2.75) is 17.7 Å². The number of nitrogens with zero attached hydrogens (tertiary/aromatic N) is 2. The molecule has 0 saturated carbocycles. The maximum Gasteiger partial charge on any atom is 0.274 e. The van der Waals surface area contributed by atoms with Crippen LogP contribution >= 0.6 is 11.8 Å². The maximum atomic E-state index is 13.0. The molecule has 2 atom stereocenters. The van der Waals surface area contributed by atoms with Crippen LogP contribution in [0, 0.1) is 5.82 Å². The molecule has 1 aromatic rings. The van der Waals surface area contributed by atoms with E-state index in [1.807, 2.05) is 4.90 Å². The predicted octanol–water partition coefficient (Wildman–Crippen LogP) is 1.11. The average Bonchev–Trinajstić information content (AvgIpc) is 2.98. The summed E-state index contributed by atoms with van der Waals surface area (Å²) in [4.78, 5) is 17.8. The highest BCUT2D eigenvalue weighted by molar-refractivity contribution is 8.15. The van der Waals surface area contributed by atoms with E-state index in [9.17, 15) is 17.6 Å². The number of fused-ring (bicyclic) bond motifs is 1. The van der Waals surface area contributed by atoms with Gasteiger partial charge in [0.25, 0.3) is 5.91 Å². The molecule has 0 unspecified atom stereocenters. The molecule has 6 nitrogen and oxygen atoms in total. The number of sulfone groups is 1. The topological polar surface area (TPSA) is 76.0 Å². The van der Waals surface area contributed by atoms with Crippen LogP contribution in [0.25, 0.3) is 0 Å². The lowest BCUT2D eigenvalue weighted by Gasteiger charge is -2.24. The fourth-order valence-corrected chi connectivity index (χ4v) is 7.06. The lowest BCUT2D eigenvalue weighted by molar-refractivity contribution is -0.121. The van der Waals surface area contributed by atoms with Gasteiger partial charge in [-0.3, -0.25) is 4.79 Å². The molecule has 3 rings (SSSR count). The minimum Gasteiger partial charge on any atom is -0.375 e. The van der Waals surface area contributed by atoms with E-state index in [1.54, 1.807) is 12.1 Å². The van der Waals surface area contributed by atoms with Crippen LogP contribution < -0.4 is 0 Å². The van der Waals surface area contributed by atoms with Gasteiger partial charge in [-0.2, -0.15) is 4.99 Å². The first-order chi connectivity index (χ1) is 11.9. The molecule has 1 aromatic carbocycles. The zero-order chi connectivity index (χ0) is 18.0. The van der Waals surface area contributed by atoms with E-state index < -0.39 is 9.84 Å². The van der Waals surface area contributed by atoms with Crippen molar-refractivity contribution in [3.8, 4) is 0 Å². The highest BCUT2D eigenvalue weighted by atomic mass is 32.2. The van der Waals surface area contributed by atoms with Gasteiger partial charge >= 0.3 is 0 Å². The number of amides is 1. The van der Waals surface area contributed by atoms with Crippen molar-refractivity contribution < 1.29 is 22.3 Å². The number of amidine groups is 1. The monoisotopic (exact) mass is 386 g/mol. The molecule has 25 heavy (non-hydrogen) atoms. The van der Waals surface area contributed by atoms with Crippen LogP contribution in [0.2, 0.25) is 0 Å². The second-order valence-electron chi connectivity index (χ2n) is 6.09. The third-order valence-electron chi connectivity index (χ3n) is 4.22. The molecular weight excluding hydrogens is 367 g/mol. The van der Waals surface area contributed by atoms with Gasteiger partial charge in [-0.25, -0.2) is 12.8 Å². The third-order valence-corrected chi connectivity index (χ3v) is 7.47. The van der Waals surface area contributed by atoms with Gasteiger partial charge in [0.05, 0.1) is 17.5 Å². The summed E-state index contributed by atoms with van der Waals surface area (Å²) < 4.78 is 41.7. The number of thioether (sulfide) groups is 1. The quantitative estimate of drug-likeness (QED) is 0.755. The van der Waals surface area contributed by atoms with Crippen molar-refractivity contribution >= 4 is 32.7 Å². The molecule has 9 heteroatoms. The van der Waals surface area contributed by atoms with E-state index >= 15 is 0 Å². The molecule has 0 aliphatic carbocycles. The number of aliphatic imine (C=N–C) groups is 1. The fourth-order valence-electron chi connectivity index (χ4n) is 3.06. The van der Waals surface area contributed by atoms with E-state index in [4.69, 9.17) is 4.74 Å². The predicted molar refractivity (Wildman–Crippen MR) is 94.9 cm³/mol. The summed E-state index contributed by atoms with van der Waals surface area (Å²) in [6.07, 6.45) is 0.613. The van der Waals surface area contributed by atoms with Crippen molar-refractivity contribution in [2.75, 3.05) is 31.8 Å². The SMILES string of the molecule is COCC(=O)N=C1S[C@H]2CS(=O)(=O)C[C@@H]2N1CCc1ccc(F)cc1. The Bertz CT molecular complexity index is 780. The summed E-state index contributed by atoms with van der Waals surface area (Å²) >= 11 is 1.34. The highest BCUT2D eigenvalue weighted by Crippen LogP contribution is 2.38. The molecule has 2 fully saturated rings. The van der Waals surface area contributed by atoms with Gasteiger partial charge in [0.15, 0.2) is 15.0 Å². The van der Waals surface area contributed by atoms with Gasteiger partial charge in [-0.1, -0.05) is 23.9 Å². The van der Waals surface area contributed by atoms with Crippen LogP contribution in [0.4, 0.5) is 4.39 Å². The normalized spacial score (nSPS) is 26.2. The van der Waals surface area contributed by atoms with Crippen LogP contribution in [0.15, 0.2) is 29.3 Å². The Morgan fingerprint density at radius 3 is 2.76 bits per heavy atom. The number of ether oxygens (including phenoxy) is 1. The summed E-state index contributed by atoms with van der Waals surface area (Å²) in [5, 5.41) is 0.446. The molecular formula is C16H19FN2O4S2. The van der Waals surface area contributed by atoms with Crippen LogP contribution in [0.3, 0.4) is 0 Å². The zero-order valence-corrected chi connectivity index (χ0v) is 15.4. The standard InChI is InChI=1S/C16H19FN2O4S2/c1-23-8-15(20)18-16-19(7-6-11-2-4-12(17)5-3-11)13-9-25(21,22)10-14(13)24-16/h2-5,13-14H,6-10H2,1H3/t13-,14-/m0/s1. The minimum atomic E-state index is -3.07. The third kappa shape index (κ3) is 4.39. The van der Waals surface area contributed by atoms with E-state index in [0.29, 0.717) is 18.1 Å². The number of benzene rings is 1. The second-order valence-corrected chi connectivity index (χ2v) is 9.45. The van der Waals surface area contributed by atoms with Crippen molar-refractivity contribution in [1.82, 2.24) is 4.90 Å². The van der Waals surface area contributed by atoms with E-state index in [2.05, 4.69) is 4.99 Å². The Kier molecular flexibility index (Phi) is 5.45. The Balaban J connectivity index is 1.77. The van der Waals surface area contributed by atoms with Crippen molar-refractivity contribution in [3.05, 3.63) is 35.6 Å².